The molecule has 4 rings (SSSR count). The van der Waals surface area contributed by atoms with Crippen LogP contribution in [-0.4, -0.2) is 66.5 Å². The van der Waals surface area contributed by atoms with E-state index in [0.29, 0.717) is 11.6 Å². The fourth-order valence-electron chi connectivity index (χ4n) is 3.88. The smallest absolute Gasteiger partial charge is 0.217 e. The zero-order valence-electron chi connectivity index (χ0n) is 18.4. The molecule has 1 aliphatic heterocycles. The zero-order chi connectivity index (χ0) is 24.2. The quantitative estimate of drug-likeness (QED) is 0.365. The number of benzene rings is 2. The maximum atomic E-state index is 11.8. The van der Waals surface area contributed by atoms with Crippen LogP contribution in [-0.2, 0) is 16.1 Å². The van der Waals surface area contributed by atoms with Gasteiger partial charge in [0.05, 0.1) is 6.61 Å². The second-order valence-corrected chi connectivity index (χ2v) is 8.24. The van der Waals surface area contributed by atoms with Crippen molar-refractivity contribution in [3.8, 4) is 11.4 Å². The summed E-state index contributed by atoms with van der Waals surface area (Å²) in [5, 5.41) is 37.9. The van der Waals surface area contributed by atoms with Gasteiger partial charge >= 0.3 is 0 Å². The minimum atomic E-state index is -1.42. The van der Waals surface area contributed by atoms with Gasteiger partial charge in [-0.05, 0) is 36.5 Å². The van der Waals surface area contributed by atoms with Crippen LogP contribution in [0.25, 0.3) is 5.69 Å². The third-order valence-corrected chi connectivity index (χ3v) is 5.87. The van der Waals surface area contributed by atoms with Crippen LogP contribution in [0.1, 0.15) is 19.0 Å². The lowest BCUT2D eigenvalue weighted by atomic mass is 9.96. The summed E-state index contributed by atoms with van der Waals surface area (Å²) < 4.78 is 15.0. The second kappa shape index (κ2) is 10.5. The van der Waals surface area contributed by atoms with Gasteiger partial charge < -0.3 is 30.1 Å². The van der Waals surface area contributed by atoms with E-state index in [2.05, 4.69) is 10.4 Å². The molecule has 4 N–H and O–H groups in total. The van der Waals surface area contributed by atoms with E-state index in [9.17, 15) is 20.1 Å². The monoisotopic (exact) mass is 486 g/mol. The van der Waals surface area contributed by atoms with Gasteiger partial charge in [0.15, 0.2) is 12.1 Å². The zero-order valence-corrected chi connectivity index (χ0v) is 19.2. The minimum absolute atomic E-state index is 0.0711. The van der Waals surface area contributed by atoms with Gasteiger partial charge in [-0.3, -0.25) is 9.36 Å². The molecule has 11 heteroatoms. The number of rotatable bonds is 7. The maximum Gasteiger partial charge on any atom is 0.217 e. The van der Waals surface area contributed by atoms with Crippen LogP contribution < -0.4 is 10.1 Å². The highest BCUT2D eigenvalue weighted by atomic mass is 32.1. The molecular formula is C23H26N4O6S. The summed E-state index contributed by atoms with van der Waals surface area (Å²) in [6, 6.07) is 17.5. The number of nitrogens with zero attached hydrogens (tertiary/aromatic N) is 3. The fourth-order valence-corrected chi connectivity index (χ4v) is 4.24. The number of carbonyl (C=O) groups excluding carboxylic acids is 1. The first-order valence-corrected chi connectivity index (χ1v) is 11.1. The van der Waals surface area contributed by atoms with Gasteiger partial charge in [-0.2, -0.15) is 5.10 Å². The Morgan fingerprint density at radius 1 is 1.12 bits per heavy atom. The molecule has 0 radical (unpaired) electrons. The maximum absolute atomic E-state index is 11.8. The Bertz CT molecular complexity index is 1170. The summed E-state index contributed by atoms with van der Waals surface area (Å²) >= 11 is 5.72. The van der Waals surface area contributed by atoms with Gasteiger partial charge in [0.1, 0.15) is 36.7 Å². The van der Waals surface area contributed by atoms with Crippen LogP contribution in [0.2, 0.25) is 0 Å². The molecule has 34 heavy (non-hydrogen) atoms. The average molecular weight is 487 g/mol. The molecule has 1 fully saturated rings. The van der Waals surface area contributed by atoms with Crippen molar-refractivity contribution >= 4 is 18.1 Å². The Morgan fingerprint density at radius 3 is 2.38 bits per heavy atom. The van der Waals surface area contributed by atoms with Crippen molar-refractivity contribution < 1.29 is 29.6 Å². The Labute approximate surface area is 201 Å². The second-order valence-electron chi connectivity index (χ2n) is 7.87. The summed E-state index contributed by atoms with van der Waals surface area (Å²) in [6.45, 7) is 0.815. The largest absolute Gasteiger partial charge is 0.486 e. The minimum Gasteiger partial charge on any atom is -0.486 e. The molecule has 180 valence electrons. The topological polar surface area (TPSA) is 131 Å². The predicted octanol–water partition coefficient (Wildman–Crippen LogP) is 1.10. The number of hydrogen-bond acceptors (Lipinski definition) is 8. The SMILES string of the molecule is CC(=O)N[C@@H]1[C@H](O)[C@H](O)[C@H](CO)O[C@@H]1n1nc(COc2ccccc2)n(-c2ccccc2)c1=S. The van der Waals surface area contributed by atoms with Gasteiger partial charge in [0.2, 0.25) is 10.7 Å². The summed E-state index contributed by atoms with van der Waals surface area (Å²) in [7, 11) is 0. The normalized spacial score (nSPS) is 24.5. The van der Waals surface area contributed by atoms with Crippen LogP contribution in [0.15, 0.2) is 60.7 Å². The fraction of sp³-hybridized carbons (Fsp3) is 0.348. The van der Waals surface area contributed by atoms with Crippen molar-refractivity contribution in [2.24, 2.45) is 0 Å². The van der Waals surface area contributed by atoms with Gasteiger partial charge in [-0.15, -0.1) is 0 Å². The average Bonchev–Trinajstić information content (AvgIpc) is 3.17. The standard InChI is InChI=1S/C23H26N4O6S/c1-14(29)24-19-21(31)20(30)17(12-28)33-22(19)27-23(34)26(15-8-4-2-5-9-15)18(25-27)13-32-16-10-6-3-7-11-16/h2-11,17,19-22,28,30-31H,12-13H2,1H3,(H,24,29)/t17-,19+,20+,21-,22-/m0/s1. The summed E-state index contributed by atoms with van der Waals surface area (Å²) in [6.07, 6.45) is -5.03. The number of carbonyl (C=O) groups is 1. The molecule has 0 unspecified atom stereocenters. The van der Waals surface area contributed by atoms with Gasteiger partial charge in [-0.25, -0.2) is 4.68 Å². The highest BCUT2D eigenvalue weighted by Gasteiger charge is 2.46. The van der Waals surface area contributed by atoms with E-state index >= 15 is 0 Å². The number of aromatic nitrogens is 3. The van der Waals surface area contributed by atoms with Crippen LogP contribution in [0, 0.1) is 4.77 Å². The van der Waals surface area contributed by atoms with Crippen molar-refractivity contribution in [3.05, 3.63) is 71.3 Å². The highest BCUT2D eigenvalue weighted by molar-refractivity contribution is 7.71. The molecule has 0 spiro atoms. The molecule has 0 bridgehead atoms. The van der Waals surface area contributed by atoms with E-state index in [4.69, 9.17) is 21.7 Å². The Morgan fingerprint density at radius 2 is 1.76 bits per heavy atom. The third kappa shape index (κ3) is 4.88. The Hall–Kier alpha value is -3.09. The lowest BCUT2D eigenvalue weighted by molar-refractivity contribution is -0.219. The van der Waals surface area contributed by atoms with Crippen molar-refractivity contribution in [2.45, 2.75) is 44.1 Å². The van der Waals surface area contributed by atoms with E-state index < -0.39 is 43.1 Å². The molecule has 1 aliphatic rings. The summed E-state index contributed by atoms with van der Waals surface area (Å²) in [5.41, 5.74) is 0.733. The van der Waals surface area contributed by atoms with Gasteiger partial charge in [-0.1, -0.05) is 36.4 Å². The van der Waals surface area contributed by atoms with Crippen LogP contribution >= 0.6 is 12.2 Å². The van der Waals surface area contributed by atoms with E-state index in [1.165, 1.54) is 11.6 Å². The van der Waals surface area contributed by atoms with E-state index in [1.807, 2.05) is 60.7 Å². The van der Waals surface area contributed by atoms with Crippen LogP contribution in [0.3, 0.4) is 0 Å². The number of para-hydroxylation sites is 2. The molecule has 0 aliphatic carbocycles. The van der Waals surface area contributed by atoms with E-state index in [0.717, 1.165) is 5.69 Å². The van der Waals surface area contributed by atoms with Crippen molar-refractivity contribution in [3.63, 3.8) is 0 Å². The summed E-state index contributed by atoms with van der Waals surface area (Å²) in [5.74, 6) is 0.659. The van der Waals surface area contributed by atoms with E-state index in [-0.39, 0.29) is 11.4 Å². The van der Waals surface area contributed by atoms with Gasteiger partial charge in [0.25, 0.3) is 0 Å². The third-order valence-electron chi connectivity index (χ3n) is 5.51. The molecule has 2 heterocycles. The molecule has 5 atom stereocenters. The number of aliphatic hydroxyl groups excluding tert-OH is 3. The van der Waals surface area contributed by atoms with Gasteiger partial charge in [0, 0.05) is 12.6 Å². The highest BCUT2D eigenvalue weighted by Crippen LogP contribution is 2.29. The predicted molar refractivity (Wildman–Crippen MR) is 124 cm³/mol. The number of ether oxygens (including phenoxy) is 2. The van der Waals surface area contributed by atoms with E-state index in [1.54, 1.807) is 4.57 Å². The Kier molecular flexibility index (Phi) is 7.39. The first-order chi connectivity index (χ1) is 16.4. The lowest BCUT2D eigenvalue weighted by Crippen LogP contribution is -2.62. The van der Waals surface area contributed by atoms with Crippen molar-refractivity contribution in [1.82, 2.24) is 19.7 Å². The first kappa shape index (κ1) is 24.0. The molecule has 1 saturated heterocycles. The molecule has 10 nitrogen and oxygen atoms in total. The number of aliphatic hydroxyl groups is 3. The summed E-state index contributed by atoms with van der Waals surface area (Å²) in [4.78, 5) is 11.8. The van der Waals surface area contributed by atoms with Crippen LogP contribution in [0.5, 0.6) is 5.75 Å². The van der Waals surface area contributed by atoms with Crippen molar-refractivity contribution in [1.29, 1.82) is 0 Å². The lowest BCUT2D eigenvalue weighted by Gasteiger charge is -2.42. The molecule has 2 aromatic carbocycles. The number of amides is 1. The number of hydrogen-bond donors (Lipinski definition) is 4. The first-order valence-electron chi connectivity index (χ1n) is 10.7. The molecule has 0 saturated carbocycles. The molecular weight excluding hydrogens is 460 g/mol. The van der Waals surface area contributed by atoms with Crippen molar-refractivity contribution in [2.75, 3.05) is 6.61 Å². The van der Waals surface area contributed by atoms with Crippen LogP contribution in [0.4, 0.5) is 0 Å². The molecule has 1 amide bonds. The molecule has 3 aromatic rings. The Balaban J connectivity index is 1.77. The molecule has 1 aromatic heterocycles. The number of nitrogens with one attached hydrogen (secondary N) is 1.